The van der Waals surface area contributed by atoms with Gasteiger partial charge in [-0.05, 0) is 19.1 Å². The molecule has 1 heterocycles. The van der Waals surface area contributed by atoms with Crippen LogP contribution in [-0.4, -0.2) is 19.1 Å². The van der Waals surface area contributed by atoms with Crippen molar-refractivity contribution in [2.75, 3.05) is 7.11 Å². The van der Waals surface area contributed by atoms with Crippen LogP contribution in [0.15, 0.2) is 29.5 Å². The Bertz CT molecular complexity index is 593. The van der Waals surface area contributed by atoms with Crippen LogP contribution in [-0.2, 0) is 9.53 Å². The molecule has 1 atom stereocenters. The summed E-state index contributed by atoms with van der Waals surface area (Å²) in [5.74, 6) is -0.559. The van der Waals surface area contributed by atoms with Crippen molar-refractivity contribution in [1.29, 1.82) is 0 Å². The van der Waals surface area contributed by atoms with E-state index in [9.17, 15) is 9.59 Å². The summed E-state index contributed by atoms with van der Waals surface area (Å²) in [6.45, 7) is 1.61. The number of halogens is 2. The smallest absolute Gasteiger partial charge is 0.337 e. The molecule has 1 aliphatic heterocycles. The number of amides is 2. The molecule has 0 saturated heterocycles. The summed E-state index contributed by atoms with van der Waals surface area (Å²) in [5.41, 5.74) is 1.13. The number of carbonyl (C=O) groups excluding carboxylic acids is 2. The molecule has 2 rings (SSSR count). The number of allylic oxidation sites excluding steroid dienone is 1. The van der Waals surface area contributed by atoms with Crippen molar-refractivity contribution in [3.63, 3.8) is 0 Å². The van der Waals surface area contributed by atoms with E-state index < -0.39 is 18.0 Å². The maximum absolute atomic E-state index is 11.9. The number of carbonyl (C=O) groups is 2. The summed E-state index contributed by atoms with van der Waals surface area (Å²) >= 11 is 12.3. The van der Waals surface area contributed by atoms with Gasteiger partial charge in [0.25, 0.3) is 0 Å². The van der Waals surface area contributed by atoms with Gasteiger partial charge in [0.15, 0.2) is 0 Å². The van der Waals surface area contributed by atoms with Crippen molar-refractivity contribution in [1.82, 2.24) is 10.6 Å². The first-order valence-electron chi connectivity index (χ1n) is 5.76. The average Bonchev–Trinajstić information content (AvgIpc) is 2.37. The molecule has 0 spiro atoms. The molecular formula is C13H12Cl2N2O3. The molecule has 0 saturated carbocycles. The van der Waals surface area contributed by atoms with Gasteiger partial charge in [-0.2, -0.15) is 0 Å². The number of ether oxygens (including phenoxy) is 1. The van der Waals surface area contributed by atoms with Crippen LogP contribution in [0.25, 0.3) is 0 Å². The summed E-state index contributed by atoms with van der Waals surface area (Å²) in [6, 6.07) is 3.78. The number of esters is 1. The lowest BCUT2D eigenvalue weighted by Crippen LogP contribution is -2.45. The van der Waals surface area contributed by atoms with Gasteiger partial charge in [-0.3, -0.25) is 0 Å². The van der Waals surface area contributed by atoms with Crippen LogP contribution in [0.4, 0.5) is 4.79 Å². The topological polar surface area (TPSA) is 67.4 Å². The predicted molar refractivity (Wildman–Crippen MR) is 75.6 cm³/mol. The molecule has 2 amide bonds. The Morgan fingerprint density at radius 1 is 1.30 bits per heavy atom. The minimum Gasteiger partial charge on any atom is -0.466 e. The number of methoxy groups -OCH3 is 1. The molecule has 0 aromatic heterocycles. The lowest BCUT2D eigenvalue weighted by atomic mass is 9.95. The number of nitrogens with one attached hydrogen (secondary N) is 2. The largest absolute Gasteiger partial charge is 0.466 e. The summed E-state index contributed by atoms with van der Waals surface area (Å²) in [4.78, 5) is 23.6. The highest BCUT2D eigenvalue weighted by Crippen LogP contribution is 2.36. The van der Waals surface area contributed by atoms with Crippen molar-refractivity contribution in [2.45, 2.75) is 13.0 Å². The maximum atomic E-state index is 11.9. The Labute approximate surface area is 125 Å². The molecular weight excluding hydrogens is 303 g/mol. The highest BCUT2D eigenvalue weighted by molar-refractivity contribution is 6.36. The van der Waals surface area contributed by atoms with Crippen LogP contribution in [0, 0.1) is 0 Å². The molecule has 1 aromatic rings. The van der Waals surface area contributed by atoms with Crippen LogP contribution in [0.3, 0.4) is 0 Å². The predicted octanol–water partition coefficient (Wildman–Crippen LogP) is 2.79. The summed E-state index contributed by atoms with van der Waals surface area (Å²) in [7, 11) is 1.27. The highest BCUT2D eigenvalue weighted by Gasteiger charge is 2.34. The summed E-state index contributed by atoms with van der Waals surface area (Å²) in [5, 5.41) is 5.88. The zero-order valence-electron chi connectivity index (χ0n) is 10.8. The van der Waals surface area contributed by atoms with E-state index in [1.54, 1.807) is 25.1 Å². The van der Waals surface area contributed by atoms with Gasteiger partial charge >= 0.3 is 12.0 Å². The molecule has 106 valence electrons. The van der Waals surface area contributed by atoms with Crippen LogP contribution in [0.5, 0.6) is 0 Å². The maximum Gasteiger partial charge on any atom is 0.337 e. The Kier molecular flexibility index (Phi) is 4.20. The van der Waals surface area contributed by atoms with Crippen LogP contribution in [0.2, 0.25) is 10.0 Å². The normalized spacial score (nSPS) is 18.4. The molecule has 5 nitrogen and oxygen atoms in total. The Balaban J connectivity index is 2.60. The van der Waals surface area contributed by atoms with Gasteiger partial charge in [0, 0.05) is 21.3 Å². The van der Waals surface area contributed by atoms with Crippen molar-refractivity contribution in [3.05, 3.63) is 45.1 Å². The zero-order valence-corrected chi connectivity index (χ0v) is 12.3. The SMILES string of the molecule is COC(=O)C1=C(C)NC(=O)NC1c1c(Cl)cccc1Cl. The molecule has 1 aliphatic rings. The Morgan fingerprint density at radius 3 is 2.45 bits per heavy atom. The molecule has 0 bridgehead atoms. The van der Waals surface area contributed by atoms with Crippen LogP contribution in [0.1, 0.15) is 18.5 Å². The van der Waals surface area contributed by atoms with Gasteiger partial charge in [0.05, 0.1) is 18.7 Å². The van der Waals surface area contributed by atoms with Gasteiger partial charge in [0.2, 0.25) is 0 Å². The molecule has 1 unspecified atom stereocenters. The van der Waals surface area contributed by atoms with Crippen molar-refractivity contribution >= 4 is 35.2 Å². The second-order valence-electron chi connectivity index (χ2n) is 4.20. The quantitative estimate of drug-likeness (QED) is 0.825. The average molecular weight is 315 g/mol. The molecule has 7 heteroatoms. The van der Waals surface area contributed by atoms with Gasteiger partial charge in [-0.15, -0.1) is 0 Å². The van der Waals surface area contributed by atoms with Crippen molar-refractivity contribution in [3.8, 4) is 0 Å². The van der Waals surface area contributed by atoms with Gasteiger partial charge in [0.1, 0.15) is 0 Å². The number of hydrogen-bond acceptors (Lipinski definition) is 3. The molecule has 0 radical (unpaired) electrons. The number of urea groups is 1. The first-order valence-corrected chi connectivity index (χ1v) is 6.51. The molecule has 1 aromatic carbocycles. The zero-order chi connectivity index (χ0) is 14.9. The van der Waals surface area contributed by atoms with E-state index in [1.807, 2.05) is 0 Å². The minimum atomic E-state index is -0.752. The fourth-order valence-corrected chi connectivity index (χ4v) is 2.69. The van der Waals surface area contributed by atoms with Gasteiger partial charge in [-0.25, -0.2) is 9.59 Å². The standard InChI is InChI=1S/C13H12Cl2N2O3/c1-6-9(12(18)20-2)11(17-13(19)16-6)10-7(14)4-3-5-8(10)15/h3-5,11H,1-2H3,(H2,16,17,19). The number of benzene rings is 1. The first kappa shape index (κ1) is 14.7. The minimum absolute atomic E-state index is 0.266. The van der Waals surface area contributed by atoms with Crippen LogP contribution < -0.4 is 10.6 Å². The molecule has 20 heavy (non-hydrogen) atoms. The van der Waals surface area contributed by atoms with Gasteiger partial charge in [-0.1, -0.05) is 29.3 Å². The second-order valence-corrected chi connectivity index (χ2v) is 5.01. The second kappa shape index (κ2) is 5.73. The Hall–Kier alpha value is -1.72. The summed E-state index contributed by atoms with van der Waals surface area (Å²) < 4.78 is 4.75. The fourth-order valence-electron chi connectivity index (χ4n) is 2.08. The van der Waals surface area contributed by atoms with E-state index in [1.165, 1.54) is 7.11 Å². The number of rotatable bonds is 2. The van der Waals surface area contributed by atoms with E-state index in [4.69, 9.17) is 27.9 Å². The highest BCUT2D eigenvalue weighted by atomic mass is 35.5. The fraction of sp³-hybridized carbons (Fsp3) is 0.231. The van der Waals surface area contributed by atoms with Gasteiger partial charge < -0.3 is 15.4 Å². The van der Waals surface area contributed by atoms with E-state index >= 15 is 0 Å². The molecule has 0 fully saturated rings. The van der Waals surface area contributed by atoms with Crippen molar-refractivity contribution < 1.29 is 14.3 Å². The lowest BCUT2D eigenvalue weighted by molar-refractivity contribution is -0.136. The molecule has 2 N–H and O–H groups in total. The summed E-state index contributed by atoms with van der Waals surface area (Å²) in [6.07, 6.45) is 0. The van der Waals surface area contributed by atoms with E-state index in [-0.39, 0.29) is 5.57 Å². The molecule has 0 aliphatic carbocycles. The third-order valence-electron chi connectivity index (χ3n) is 2.96. The number of hydrogen-bond donors (Lipinski definition) is 2. The lowest BCUT2D eigenvalue weighted by Gasteiger charge is -2.28. The van der Waals surface area contributed by atoms with Crippen LogP contribution >= 0.6 is 23.2 Å². The first-order chi connectivity index (χ1) is 9.45. The third kappa shape index (κ3) is 2.59. The van der Waals surface area contributed by atoms with E-state index in [0.717, 1.165) is 0 Å². The third-order valence-corrected chi connectivity index (χ3v) is 3.62. The van der Waals surface area contributed by atoms with E-state index in [2.05, 4.69) is 10.6 Å². The van der Waals surface area contributed by atoms with Crippen molar-refractivity contribution in [2.24, 2.45) is 0 Å². The monoisotopic (exact) mass is 314 g/mol. The van der Waals surface area contributed by atoms with E-state index in [0.29, 0.717) is 21.3 Å². The Morgan fingerprint density at radius 2 is 1.90 bits per heavy atom.